The monoisotopic (exact) mass is 1280 g/mol. The van der Waals surface area contributed by atoms with Crippen molar-refractivity contribution in [2.24, 2.45) is 40.9 Å². The number of aromatic amines is 1. The molecule has 0 unspecified atom stereocenters. The highest BCUT2D eigenvalue weighted by Crippen LogP contribution is 2.49. The van der Waals surface area contributed by atoms with Crippen molar-refractivity contribution >= 4 is 151 Å². The number of nitrogens with two attached hydrogens (primary N) is 1. The zero-order chi connectivity index (χ0) is 61.3. The van der Waals surface area contributed by atoms with Crippen LogP contribution in [0.2, 0.25) is 5.02 Å². The van der Waals surface area contributed by atoms with E-state index in [0.717, 1.165) is 53.2 Å². The van der Waals surface area contributed by atoms with Crippen LogP contribution in [0.1, 0.15) is 0 Å². The number of nitrogens with zero attached hydrogens (tertiary/aromatic N) is 10. The standard InChI is InChI=1S/C41H27ClN12O23S6/c42-24-11-17(12-32(81(69,70)71)36(24)50-49-29-16-53(52-41(29)57)18-1-4-20(5-2-18)78(60,61)62)44-51-37-33(82(72,73)74)14-23-21(38(37)55)6-10-27(40(23)83(75,76)77)47-48-28-15-30(79(63,64)65)22-7-9-26(39(56)34(22)35(28)43)46-45-25-8-3-19(54(58)59)13-31(25)80(66,67)68/h1-15,52,55-57H,43H2,(H,60,61,62)(H,63,64,65)(H,66,67,68)(H,69,70,71)(H,72,73,74)(H,75,76,77). The summed E-state index contributed by atoms with van der Waals surface area (Å²) in [5.74, 6) is -3.14. The van der Waals surface area contributed by atoms with Gasteiger partial charge in [0.05, 0.1) is 31.6 Å². The number of anilines is 1. The van der Waals surface area contributed by atoms with E-state index in [1.807, 2.05) is 0 Å². The number of hydrogen-bond acceptors (Lipinski definition) is 26. The van der Waals surface area contributed by atoms with Crippen LogP contribution in [0.25, 0.3) is 27.2 Å². The summed E-state index contributed by atoms with van der Waals surface area (Å²) in [6.07, 6.45) is 2.48. The maximum atomic E-state index is 13.1. The fourth-order valence-electron chi connectivity index (χ4n) is 7.42. The molecule has 0 aliphatic heterocycles. The van der Waals surface area contributed by atoms with Crippen molar-refractivity contribution in [3.8, 4) is 23.1 Å². The normalized spacial score (nSPS) is 13.2. The number of nitrogen functional groups attached to an aromatic ring is 1. The number of hydrogen-bond donors (Lipinski definition) is 11. The number of aromatic hydroxyl groups is 3. The Balaban J connectivity index is 1.19. The Hall–Kier alpha value is -8.98. The van der Waals surface area contributed by atoms with Crippen LogP contribution in [-0.2, 0) is 60.7 Å². The van der Waals surface area contributed by atoms with Gasteiger partial charge in [0.15, 0.2) is 23.6 Å². The number of azo groups is 4. The van der Waals surface area contributed by atoms with Crippen molar-refractivity contribution in [2.45, 2.75) is 29.4 Å². The number of non-ortho nitro benzene ring substituents is 1. The maximum absolute atomic E-state index is 13.1. The van der Waals surface area contributed by atoms with Gasteiger partial charge in [0, 0.05) is 28.3 Å². The minimum absolute atomic E-state index is 0.117. The molecular weight excluding hydrogens is 1260 g/mol. The Morgan fingerprint density at radius 3 is 1.65 bits per heavy atom. The van der Waals surface area contributed by atoms with Crippen LogP contribution in [0.4, 0.5) is 56.9 Å². The van der Waals surface area contributed by atoms with Crippen LogP contribution in [0, 0.1) is 16.3 Å². The van der Waals surface area contributed by atoms with Crippen molar-refractivity contribution in [1.29, 1.82) is 0 Å². The minimum atomic E-state index is -5.69. The number of rotatable bonds is 16. The number of H-pyrrole nitrogens is 1. The van der Waals surface area contributed by atoms with Gasteiger partial charge in [-0.3, -0.25) is 37.4 Å². The molecule has 83 heavy (non-hydrogen) atoms. The molecule has 8 aromatic rings. The van der Waals surface area contributed by atoms with E-state index in [4.69, 9.17) is 17.3 Å². The number of phenols is 2. The Labute approximate surface area is 467 Å². The average Bonchev–Trinajstić information content (AvgIpc) is 2.32. The molecule has 0 amide bonds. The van der Waals surface area contributed by atoms with E-state index in [1.165, 1.54) is 12.1 Å². The largest absolute Gasteiger partial charge is 0.546 e. The highest BCUT2D eigenvalue weighted by atomic mass is 35.5. The number of halogens is 1. The lowest BCUT2D eigenvalue weighted by Crippen LogP contribution is -2.31. The topological polar surface area (TPSA) is 575 Å². The van der Waals surface area contributed by atoms with Crippen molar-refractivity contribution < 1.29 is 103 Å². The van der Waals surface area contributed by atoms with E-state index >= 15 is 0 Å². The van der Waals surface area contributed by atoms with Crippen molar-refractivity contribution in [3.63, 3.8) is 0 Å². The van der Waals surface area contributed by atoms with Crippen LogP contribution < -0.4 is 10.4 Å². The summed E-state index contributed by atoms with van der Waals surface area (Å²) in [5, 5.41) is 72.4. The Bertz CT molecular complexity index is 5010. The fourth-order valence-corrected chi connectivity index (χ4v) is 11.7. The molecule has 0 aliphatic rings. The molecule has 0 fully saturated rings. The molecule has 0 bridgehead atoms. The number of nitrogens with one attached hydrogen (secondary N) is 1. The summed E-state index contributed by atoms with van der Waals surface area (Å²) in [6, 6.07) is 11.9. The van der Waals surface area contributed by atoms with E-state index < -0.39 is 196 Å². The van der Waals surface area contributed by atoms with Crippen LogP contribution in [0.15, 0.2) is 161 Å². The maximum Gasteiger partial charge on any atom is 0.297 e. The smallest absolute Gasteiger partial charge is 0.297 e. The molecule has 12 N–H and O–H groups in total. The molecule has 0 aliphatic carbocycles. The lowest BCUT2D eigenvalue weighted by Gasteiger charge is -2.13. The zero-order valence-electron chi connectivity index (χ0n) is 39.8. The summed E-state index contributed by atoms with van der Waals surface area (Å²) in [7, 11) is -31.8. The van der Waals surface area contributed by atoms with Gasteiger partial charge < -0.3 is 21.1 Å². The predicted molar refractivity (Wildman–Crippen MR) is 279 cm³/mol. The highest BCUT2D eigenvalue weighted by Gasteiger charge is 2.30. The molecule has 42 heteroatoms. The second-order valence-corrected chi connectivity index (χ2v) is 25.1. The van der Waals surface area contributed by atoms with E-state index in [9.17, 15) is 103 Å². The molecule has 7 aromatic carbocycles. The third-order valence-electron chi connectivity index (χ3n) is 11.0. The molecule has 432 valence electrons. The van der Waals surface area contributed by atoms with Crippen LogP contribution in [-0.4, -0.2) is 103 Å². The molecule has 35 nitrogen and oxygen atoms in total. The molecule has 1 heterocycles. The van der Waals surface area contributed by atoms with E-state index in [1.54, 1.807) is 0 Å². The number of phenolic OH excluding ortho intramolecular Hbond substituents is 2. The molecule has 8 rings (SSSR count). The van der Waals surface area contributed by atoms with Crippen molar-refractivity contribution in [2.75, 3.05) is 5.73 Å². The second-order valence-electron chi connectivity index (χ2n) is 16.3. The van der Waals surface area contributed by atoms with Gasteiger partial charge >= 0.3 is 0 Å². The lowest BCUT2D eigenvalue weighted by atomic mass is 10.1. The molecule has 0 spiro atoms. The van der Waals surface area contributed by atoms with Gasteiger partial charge in [-0.1, -0.05) is 17.7 Å². The molecule has 0 atom stereocenters. The van der Waals surface area contributed by atoms with Gasteiger partial charge in [-0.2, -0.15) is 70.5 Å². The quantitative estimate of drug-likeness (QED) is 0.00835. The first-order valence-electron chi connectivity index (χ1n) is 21.3. The van der Waals surface area contributed by atoms with Crippen LogP contribution in [0.3, 0.4) is 0 Å². The molecule has 0 saturated heterocycles. The molecule has 0 radical (unpaired) electrons. The third kappa shape index (κ3) is 12.4. The van der Waals surface area contributed by atoms with Crippen molar-refractivity contribution in [1.82, 2.24) is 5.10 Å². The summed E-state index contributed by atoms with van der Waals surface area (Å²) < 4.78 is 210. The van der Waals surface area contributed by atoms with Crippen molar-refractivity contribution in [3.05, 3.63) is 112 Å². The Kier molecular flexibility index (Phi) is 15.5. The SMILES string of the molecule is Nc1c(N=Nc2ccc3c(O)c(N=Nc4cc(Cl)c(N=Nc5[c-][n+](-c6ccc(S(=O)(=O)O)cc6)[nH]c5O)c(S(=O)(=O)O)c4)c(S(=O)(=O)O)cc3c2S(=O)(=O)O)cc(S(=O)(=O)O)c2ccc(N=Nc3ccc([N+](=O)[O-])cc3S(=O)(=O)O)c(O)c12. The van der Waals surface area contributed by atoms with Gasteiger partial charge in [-0.15, -0.1) is 30.7 Å². The first-order valence-corrected chi connectivity index (χ1v) is 30.3. The molecule has 1 aromatic heterocycles. The summed E-state index contributed by atoms with van der Waals surface area (Å²) in [4.78, 5) is 3.58. The Morgan fingerprint density at radius 1 is 0.518 bits per heavy atom. The van der Waals surface area contributed by atoms with Gasteiger partial charge in [0.1, 0.15) is 70.0 Å². The number of benzene rings is 7. The fraction of sp³-hybridized carbons (Fsp3) is 0. The lowest BCUT2D eigenvalue weighted by molar-refractivity contribution is -0.659. The first-order chi connectivity index (χ1) is 38.3. The highest BCUT2D eigenvalue weighted by molar-refractivity contribution is 7.87. The summed E-state index contributed by atoms with van der Waals surface area (Å²) in [6.45, 7) is 0. The van der Waals surface area contributed by atoms with Gasteiger partial charge in [-0.25, -0.2) is 0 Å². The van der Waals surface area contributed by atoms with Gasteiger partial charge in [-0.05, 0) is 72.8 Å². The van der Waals surface area contributed by atoms with E-state index in [0.29, 0.717) is 30.3 Å². The third-order valence-corrected chi connectivity index (χ3v) is 16.6. The molecule has 0 saturated carbocycles. The first kappa shape index (κ1) is 60.1. The predicted octanol–water partition coefficient (Wildman–Crippen LogP) is 7.80. The number of nitro benzene ring substituents is 1. The van der Waals surface area contributed by atoms with E-state index in [-0.39, 0.29) is 5.69 Å². The number of fused-ring (bicyclic) bond motifs is 2. The van der Waals surface area contributed by atoms with Gasteiger partial charge in [0.2, 0.25) is 0 Å². The van der Waals surface area contributed by atoms with Crippen LogP contribution in [0.5, 0.6) is 17.4 Å². The zero-order valence-corrected chi connectivity index (χ0v) is 45.4. The summed E-state index contributed by atoms with van der Waals surface area (Å²) >= 11 is 6.30. The van der Waals surface area contributed by atoms with E-state index in [2.05, 4.69) is 52.2 Å². The van der Waals surface area contributed by atoms with Crippen LogP contribution >= 0.6 is 11.6 Å². The van der Waals surface area contributed by atoms with Gasteiger partial charge in [0.25, 0.3) is 66.4 Å². The number of nitro groups is 1. The summed E-state index contributed by atoms with van der Waals surface area (Å²) in [5.41, 5.74) is -1.48. The number of aromatic nitrogens is 2. The Morgan fingerprint density at radius 2 is 1.06 bits per heavy atom. The molecular formula is C41H27ClN12O23S6. The second kappa shape index (κ2) is 21.4. The average molecular weight is 1280 g/mol. The minimum Gasteiger partial charge on any atom is -0.546 e.